The Balaban J connectivity index is 2.11. The Morgan fingerprint density at radius 3 is 2.26 bits per heavy atom. The van der Waals surface area contributed by atoms with Crippen LogP contribution in [0.25, 0.3) is 17.5 Å². The fraction of sp³-hybridized carbons (Fsp3) is 0.222. The van der Waals surface area contributed by atoms with Crippen molar-refractivity contribution in [3.63, 3.8) is 0 Å². The molecule has 8 heteroatoms. The highest BCUT2D eigenvalue weighted by molar-refractivity contribution is 7.07. The van der Waals surface area contributed by atoms with Crippen molar-refractivity contribution in [2.24, 2.45) is 5.73 Å². The Morgan fingerprint density at radius 1 is 1.03 bits per heavy atom. The number of nitrogens with zero attached hydrogens (tertiary/aromatic N) is 1. The molecule has 1 aliphatic rings. The molecule has 2 heterocycles. The van der Waals surface area contributed by atoms with Crippen LogP contribution in [0.5, 0.6) is 0 Å². The van der Waals surface area contributed by atoms with Crippen molar-refractivity contribution in [2.75, 3.05) is 6.61 Å². The molecular formula is C27H26N2O5S. The lowest BCUT2D eigenvalue weighted by molar-refractivity contribution is -0.140. The van der Waals surface area contributed by atoms with Gasteiger partial charge < -0.3 is 15.2 Å². The van der Waals surface area contributed by atoms with E-state index < -0.39 is 29.5 Å². The predicted molar refractivity (Wildman–Crippen MR) is 136 cm³/mol. The van der Waals surface area contributed by atoms with Crippen molar-refractivity contribution in [1.82, 2.24) is 4.57 Å². The molecule has 7 nitrogen and oxygen atoms in total. The molecular weight excluding hydrogens is 464 g/mol. The summed E-state index contributed by atoms with van der Waals surface area (Å²) in [6.07, 6.45) is 1.33. The first kappa shape index (κ1) is 24.2. The molecule has 0 fully saturated rings. The minimum absolute atomic E-state index is 0.0346. The number of nitrogens with two attached hydrogens (primary N) is 1. The van der Waals surface area contributed by atoms with Gasteiger partial charge in [-0.1, -0.05) is 60.7 Å². The number of fused-ring (bicyclic) bond motifs is 1. The smallest absolute Gasteiger partial charge is 0.338 e. The number of esters is 2. The van der Waals surface area contributed by atoms with Crippen LogP contribution in [0.1, 0.15) is 37.8 Å². The van der Waals surface area contributed by atoms with E-state index in [9.17, 15) is 14.4 Å². The molecule has 3 aromatic rings. The molecule has 1 aromatic heterocycles. The van der Waals surface area contributed by atoms with Gasteiger partial charge >= 0.3 is 11.9 Å². The third-order valence-corrected chi connectivity index (χ3v) is 6.54. The van der Waals surface area contributed by atoms with Gasteiger partial charge in [0.05, 0.1) is 34.3 Å². The molecule has 0 amide bonds. The summed E-state index contributed by atoms with van der Waals surface area (Å²) in [5.74, 6) is -2.22. The van der Waals surface area contributed by atoms with Crippen LogP contribution in [-0.4, -0.2) is 29.2 Å². The van der Waals surface area contributed by atoms with E-state index in [1.54, 1.807) is 39.0 Å². The molecule has 0 saturated heterocycles. The first-order chi connectivity index (χ1) is 16.8. The molecule has 1 aliphatic heterocycles. The number of carbonyl (C=O) groups excluding carboxylic acids is 2. The highest BCUT2D eigenvalue weighted by Crippen LogP contribution is 2.37. The minimum atomic E-state index is -0.857. The number of benzene rings is 2. The summed E-state index contributed by atoms with van der Waals surface area (Å²) < 4.78 is 12.8. The van der Waals surface area contributed by atoms with Crippen LogP contribution in [0.3, 0.4) is 0 Å². The van der Waals surface area contributed by atoms with Crippen LogP contribution in [0, 0.1) is 0 Å². The van der Waals surface area contributed by atoms with Crippen LogP contribution in [0.15, 0.2) is 71.0 Å². The van der Waals surface area contributed by atoms with Gasteiger partial charge in [-0.15, -0.1) is 11.3 Å². The summed E-state index contributed by atoms with van der Waals surface area (Å²) in [6, 6.07) is 18.4. The fourth-order valence-electron chi connectivity index (χ4n) is 4.01. The quantitative estimate of drug-likeness (QED) is 0.533. The summed E-state index contributed by atoms with van der Waals surface area (Å²) in [6.45, 7) is 5.28. The Labute approximate surface area is 206 Å². The number of thiazole rings is 1. The normalized spacial score (nSPS) is 15.8. The molecule has 0 radical (unpaired) electrons. The van der Waals surface area contributed by atoms with E-state index in [-0.39, 0.29) is 23.6 Å². The first-order valence-corrected chi connectivity index (χ1v) is 12.1. The van der Waals surface area contributed by atoms with Crippen LogP contribution in [0.4, 0.5) is 0 Å². The maximum Gasteiger partial charge on any atom is 0.338 e. The van der Waals surface area contributed by atoms with Crippen molar-refractivity contribution in [3.05, 3.63) is 96.9 Å². The second-order valence-electron chi connectivity index (χ2n) is 8.20. The molecule has 0 spiro atoms. The molecule has 35 heavy (non-hydrogen) atoms. The SMILES string of the molecule is CCOC(=O)C1=C(N)n2c(sc(=Cc3ccccc3)c2=O)=C(C(=O)OC(C)C)C1c1ccccc1. The monoisotopic (exact) mass is 490 g/mol. The highest BCUT2D eigenvalue weighted by Gasteiger charge is 2.40. The molecule has 1 atom stereocenters. The lowest BCUT2D eigenvalue weighted by Gasteiger charge is -2.27. The Morgan fingerprint density at radius 2 is 1.66 bits per heavy atom. The zero-order valence-electron chi connectivity index (χ0n) is 19.7. The topological polar surface area (TPSA) is 101 Å². The van der Waals surface area contributed by atoms with Gasteiger partial charge in [-0.3, -0.25) is 9.36 Å². The van der Waals surface area contributed by atoms with Crippen molar-refractivity contribution in [2.45, 2.75) is 32.8 Å². The Bertz CT molecular complexity index is 1470. The van der Waals surface area contributed by atoms with E-state index in [1.807, 2.05) is 48.5 Å². The lowest BCUT2D eigenvalue weighted by atomic mass is 9.83. The van der Waals surface area contributed by atoms with Crippen molar-refractivity contribution in [3.8, 4) is 0 Å². The average Bonchev–Trinajstić information content (AvgIpc) is 3.15. The van der Waals surface area contributed by atoms with Crippen molar-refractivity contribution >= 4 is 40.7 Å². The number of hydrogen-bond donors (Lipinski definition) is 1. The van der Waals surface area contributed by atoms with Gasteiger partial charge in [-0.25, -0.2) is 9.59 Å². The van der Waals surface area contributed by atoms with Crippen LogP contribution in [0.2, 0.25) is 0 Å². The maximum absolute atomic E-state index is 13.5. The number of rotatable bonds is 6. The van der Waals surface area contributed by atoms with E-state index in [0.717, 1.165) is 16.9 Å². The van der Waals surface area contributed by atoms with Gasteiger partial charge in [-0.05, 0) is 38.0 Å². The van der Waals surface area contributed by atoms with Gasteiger partial charge in [0, 0.05) is 0 Å². The van der Waals surface area contributed by atoms with Gasteiger partial charge in [0.1, 0.15) is 10.5 Å². The Hall–Kier alpha value is -3.91. The summed E-state index contributed by atoms with van der Waals surface area (Å²) in [7, 11) is 0. The zero-order valence-corrected chi connectivity index (χ0v) is 20.5. The van der Waals surface area contributed by atoms with Crippen LogP contribution in [-0.2, 0) is 19.1 Å². The maximum atomic E-state index is 13.5. The molecule has 180 valence electrons. The number of aromatic nitrogens is 1. The van der Waals surface area contributed by atoms with Crippen LogP contribution < -0.4 is 20.5 Å². The fourth-order valence-corrected chi connectivity index (χ4v) is 5.18. The third kappa shape index (κ3) is 4.70. The van der Waals surface area contributed by atoms with Crippen molar-refractivity contribution < 1.29 is 19.1 Å². The van der Waals surface area contributed by atoms with E-state index in [4.69, 9.17) is 15.2 Å². The van der Waals surface area contributed by atoms with Crippen molar-refractivity contribution in [1.29, 1.82) is 0 Å². The van der Waals surface area contributed by atoms with E-state index >= 15 is 0 Å². The average molecular weight is 491 g/mol. The molecule has 2 N–H and O–H groups in total. The molecule has 1 unspecified atom stereocenters. The predicted octanol–water partition coefficient (Wildman–Crippen LogP) is 2.33. The van der Waals surface area contributed by atoms with Gasteiger partial charge in [0.15, 0.2) is 0 Å². The number of ether oxygens (including phenoxy) is 2. The standard InChI is InChI=1S/C27H26N2O5S/c1-4-33-26(31)21-20(18-13-9-6-10-14-18)22(27(32)34-16(2)3)25-29(23(21)28)24(30)19(35-25)15-17-11-7-5-8-12-17/h5-16,20H,4,28H2,1-3H3. The second kappa shape index (κ2) is 10.1. The highest BCUT2D eigenvalue weighted by atomic mass is 32.1. The molecule has 2 aromatic carbocycles. The van der Waals surface area contributed by atoms with Gasteiger partial charge in [0.25, 0.3) is 5.56 Å². The number of carbonyl (C=O) groups is 2. The summed E-state index contributed by atoms with van der Waals surface area (Å²) in [5, 5.41) is 0. The zero-order chi connectivity index (χ0) is 25.1. The second-order valence-corrected chi connectivity index (χ2v) is 9.23. The summed E-state index contributed by atoms with van der Waals surface area (Å²) in [4.78, 5) is 40.1. The van der Waals surface area contributed by atoms with E-state index in [0.29, 0.717) is 14.8 Å². The van der Waals surface area contributed by atoms with Gasteiger partial charge in [0.2, 0.25) is 0 Å². The summed E-state index contributed by atoms with van der Waals surface area (Å²) in [5.41, 5.74) is 7.76. The molecule has 4 rings (SSSR count). The van der Waals surface area contributed by atoms with E-state index in [1.165, 1.54) is 4.57 Å². The molecule has 0 aliphatic carbocycles. The summed E-state index contributed by atoms with van der Waals surface area (Å²) >= 11 is 1.14. The van der Waals surface area contributed by atoms with E-state index in [2.05, 4.69) is 0 Å². The van der Waals surface area contributed by atoms with Crippen LogP contribution >= 0.6 is 11.3 Å². The first-order valence-electron chi connectivity index (χ1n) is 11.3. The number of hydrogen-bond acceptors (Lipinski definition) is 7. The minimum Gasteiger partial charge on any atom is -0.463 e. The third-order valence-electron chi connectivity index (χ3n) is 5.44. The lowest BCUT2D eigenvalue weighted by Crippen LogP contribution is -2.42. The Kier molecular flexibility index (Phi) is 7.02. The molecule has 0 saturated carbocycles. The largest absolute Gasteiger partial charge is 0.463 e. The molecule has 0 bridgehead atoms. The van der Waals surface area contributed by atoms with Gasteiger partial charge in [-0.2, -0.15) is 0 Å².